The van der Waals surface area contributed by atoms with Crippen LogP contribution in [0.2, 0.25) is 0 Å². The van der Waals surface area contributed by atoms with Gasteiger partial charge >= 0.3 is 7.60 Å². The van der Waals surface area contributed by atoms with Gasteiger partial charge in [0, 0.05) is 36.4 Å². The number of nitrogens with zero attached hydrogens (tertiary/aromatic N) is 2. The summed E-state index contributed by atoms with van der Waals surface area (Å²) in [6.45, 7) is 0. The minimum absolute atomic E-state index is 0.307. The molecular formula is C23H20FN2O4P+2. The Kier molecular flexibility index (Phi) is 5.91. The zero-order valence-electron chi connectivity index (χ0n) is 16.4. The third-order valence-electron chi connectivity index (χ3n) is 4.59. The molecule has 0 atom stereocenters. The molecule has 0 saturated heterocycles. The van der Waals surface area contributed by atoms with E-state index in [0.717, 1.165) is 16.8 Å². The van der Waals surface area contributed by atoms with Gasteiger partial charge in [0.05, 0.1) is 0 Å². The number of aromatic nitrogens is 2. The molecule has 0 radical (unpaired) electrons. The molecule has 156 valence electrons. The molecule has 0 aliphatic heterocycles. The summed E-state index contributed by atoms with van der Waals surface area (Å²) in [5, 5.41) is 0. The minimum Gasteiger partial charge on any atom is -0.457 e. The van der Waals surface area contributed by atoms with E-state index in [1.807, 2.05) is 65.5 Å². The largest absolute Gasteiger partial charge is 0.457 e. The second-order valence-corrected chi connectivity index (χ2v) is 8.56. The molecule has 0 spiro atoms. The Labute approximate surface area is 178 Å². The van der Waals surface area contributed by atoms with E-state index >= 15 is 0 Å². The van der Waals surface area contributed by atoms with E-state index in [2.05, 4.69) is 0 Å². The van der Waals surface area contributed by atoms with Crippen molar-refractivity contribution in [3.05, 3.63) is 103 Å². The number of pyridine rings is 2. The van der Waals surface area contributed by atoms with Crippen molar-refractivity contribution < 1.29 is 32.6 Å². The summed E-state index contributed by atoms with van der Waals surface area (Å²) < 4.78 is 33.2. The van der Waals surface area contributed by atoms with Crippen LogP contribution in [0.25, 0.3) is 16.8 Å². The van der Waals surface area contributed by atoms with Gasteiger partial charge in [0.1, 0.15) is 17.3 Å². The van der Waals surface area contributed by atoms with E-state index in [0.29, 0.717) is 11.5 Å². The Morgan fingerprint density at radius 1 is 0.742 bits per heavy atom. The quantitative estimate of drug-likeness (QED) is 0.353. The molecule has 2 aromatic carbocycles. The number of ether oxygens (including phenoxy) is 1. The van der Waals surface area contributed by atoms with Crippen LogP contribution >= 0.6 is 7.60 Å². The summed E-state index contributed by atoms with van der Waals surface area (Å²) in [6, 6.07) is 21.0. The van der Waals surface area contributed by atoms with Crippen LogP contribution in [0.1, 0.15) is 0 Å². The first-order valence-corrected chi connectivity index (χ1v) is 11.2. The normalized spacial score (nSPS) is 11.3. The Morgan fingerprint density at radius 3 is 1.74 bits per heavy atom. The molecule has 2 aromatic heterocycles. The van der Waals surface area contributed by atoms with Gasteiger partial charge in [-0.15, -0.1) is 0 Å². The third-order valence-corrected chi connectivity index (χ3v) is 5.28. The van der Waals surface area contributed by atoms with E-state index < -0.39 is 7.60 Å². The van der Waals surface area contributed by atoms with Crippen LogP contribution in [-0.2, 0) is 10.9 Å². The molecule has 0 fully saturated rings. The van der Waals surface area contributed by atoms with Gasteiger partial charge in [-0.05, 0) is 47.5 Å². The lowest BCUT2D eigenvalue weighted by Crippen LogP contribution is -2.32. The van der Waals surface area contributed by atoms with Gasteiger partial charge < -0.3 is 14.5 Å². The Hall–Kier alpha value is -3.38. The maximum absolute atomic E-state index is 13.0. The summed E-state index contributed by atoms with van der Waals surface area (Å²) in [5.74, 6) is 0.912. The topological polar surface area (TPSA) is 74.5 Å². The summed E-state index contributed by atoms with van der Waals surface area (Å²) in [6.07, 6.45) is 6.82. The lowest BCUT2D eigenvalue weighted by Gasteiger charge is -2.05. The van der Waals surface area contributed by atoms with E-state index in [1.165, 1.54) is 16.7 Å². The highest BCUT2D eigenvalue weighted by Gasteiger charge is 2.19. The van der Waals surface area contributed by atoms with Gasteiger partial charge in [0.25, 0.3) is 0 Å². The van der Waals surface area contributed by atoms with E-state index in [9.17, 15) is 8.96 Å². The molecular weight excluding hydrogens is 418 g/mol. The fourth-order valence-electron chi connectivity index (χ4n) is 3.07. The van der Waals surface area contributed by atoms with Crippen LogP contribution in [0.3, 0.4) is 0 Å². The van der Waals surface area contributed by atoms with Gasteiger partial charge in [-0.1, -0.05) is 0 Å². The standard InChI is InChI=1S/C23H18FN2O4P/c24-20-1-5-22(6-2-20)30-23-7-3-21(4-8-23)26-15-11-19(12-16-26)18-9-13-25(14-10-18)17-31(27,28)29/h1-16H,17H2/p+2. The Bertz CT molecular complexity index is 1210. The fraction of sp³-hybridized carbons (Fsp3) is 0.0435. The first-order chi connectivity index (χ1) is 14.9. The molecule has 4 rings (SSSR count). The number of hydrogen-bond acceptors (Lipinski definition) is 2. The maximum atomic E-state index is 13.0. The summed E-state index contributed by atoms with van der Waals surface area (Å²) in [7, 11) is -4.11. The van der Waals surface area contributed by atoms with Crippen LogP contribution in [-0.4, -0.2) is 9.79 Å². The lowest BCUT2D eigenvalue weighted by atomic mass is 10.1. The van der Waals surface area contributed by atoms with Crippen molar-refractivity contribution >= 4 is 7.60 Å². The van der Waals surface area contributed by atoms with Crippen molar-refractivity contribution in [1.29, 1.82) is 0 Å². The van der Waals surface area contributed by atoms with Gasteiger partial charge in [-0.25, -0.2) is 4.39 Å². The zero-order chi connectivity index (χ0) is 21.8. The second kappa shape index (κ2) is 8.78. The van der Waals surface area contributed by atoms with Crippen molar-refractivity contribution in [3.8, 4) is 28.3 Å². The van der Waals surface area contributed by atoms with E-state index in [1.54, 1.807) is 24.5 Å². The number of rotatable bonds is 6. The van der Waals surface area contributed by atoms with Gasteiger partial charge in [0.2, 0.25) is 12.0 Å². The van der Waals surface area contributed by atoms with Gasteiger partial charge in [0.15, 0.2) is 24.8 Å². The molecule has 31 heavy (non-hydrogen) atoms. The molecule has 0 amide bonds. The fourth-order valence-corrected chi connectivity index (χ4v) is 3.69. The molecule has 0 aliphatic carbocycles. The van der Waals surface area contributed by atoms with Crippen molar-refractivity contribution in [1.82, 2.24) is 0 Å². The highest BCUT2D eigenvalue weighted by Crippen LogP contribution is 2.33. The van der Waals surface area contributed by atoms with Crippen molar-refractivity contribution in [3.63, 3.8) is 0 Å². The van der Waals surface area contributed by atoms with E-state index in [4.69, 9.17) is 14.5 Å². The first kappa shape index (κ1) is 20.9. The van der Waals surface area contributed by atoms with Crippen LogP contribution in [0.4, 0.5) is 4.39 Å². The number of hydrogen-bond donors (Lipinski definition) is 2. The van der Waals surface area contributed by atoms with Crippen molar-refractivity contribution in [2.24, 2.45) is 0 Å². The Balaban J connectivity index is 1.45. The minimum atomic E-state index is -4.11. The highest BCUT2D eigenvalue weighted by atomic mass is 31.2. The molecule has 4 aromatic rings. The summed E-state index contributed by atoms with van der Waals surface area (Å²) in [5.41, 5.74) is 2.87. The predicted octanol–water partition coefficient (Wildman–Crippen LogP) is 3.98. The van der Waals surface area contributed by atoms with E-state index in [-0.39, 0.29) is 12.1 Å². The molecule has 0 saturated carbocycles. The summed E-state index contributed by atoms with van der Waals surface area (Å²) >= 11 is 0. The average Bonchev–Trinajstić information content (AvgIpc) is 2.76. The molecule has 8 heteroatoms. The third kappa shape index (κ3) is 5.61. The highest BCUT2D eigenvalue weighted by molar-refractivity contribution is 7.50. The second-order valence-electron chi connectivity index (χ2n) is 6.95. The van der Waals surface area contributed by atoms with Gasteiger partial charge in [-0.3, -0.25) is 4.57 Å². The van der Waals surface area contributed by atoms with Crippen LogP contribution in [0.5, 0.6) is 11.5 Å². The van der Waals surface area contributed by atoms with Crippen LogP contribution < -0.4 is 13.9 Å². The molecule has 0 bridgehead atoms. The van der Waals surface area contributed by atoms with Crippen molar-refractivity contribution in [2.75, 3.05) is 0 Å². The monoisotopic (exact) mass is 438 g/mol. The van der Waals surface area contributed by atoms with Crippen molar-refractivity contribution in [2.45, 2.75) is 6.29 Å². The zero-order valence-corrected chi connectivity index (χ0v) is 17.3. The smallest absolute Gasteiger partial charge is 0.390 e. The molecule has 2 N–H and O–H groups in total. The molecule has 0 unspecified atom stereocenters. The number of halogens is 1. The molecule has 0 aliphatic rings. The SMILES string of the molecule is O=P(O)(O)C[n+]1ccc(-c2cc[n+](-c3ccc(Oc4ccc(F)cc4)cc3)cc2)cc1. The van der Waals surface area contributed by atoms with Crippen LogP contribution in [0.15, 0.2) is 97.6 Å². The summed E-state index contributed by atoms with van der Waals surface area (Å²) in [4.78, 5) is 18.1. The molecule has 2 heterocycles. The predicted molar refractivity (Wildman–Crippen MR) is 112 cm³/mol. The first-order valence-electron chi connectivity index (χ1n) is 9.45. The molecule has 6 nitrogen and oxygen atoms in total. The van der Waals surface area contributed by atoms with Crippen LogP contribution in [0, 0.1) is 5.82 Å². The van der Waals surface area contributed by atoms with Gasteiger partial charge in [-0.2, -0.15) is 9.13 Å². The number of benzene rings is 2. The Morgan fingerprint density at radius 2 is 1.23 bits per heavy atom. The lowest BCUT2D eigenvalue weighted by molar-refractivity contribution is -0.679. The average molecular weight is 438 g/mol. The maximum Gasteiger partial charge on any atom is 0.390 e.